The molecule has 1 aliphatic rings. The molecule has 0 bridgehead atoms. The van der Waals surface area contributed by atoms with E-state index >= 15 is 0 Å². The second-order valence-electron chi connectivity index (χ2n) is 5.24. The maximum Gasteiger partial charge on any atom is 0.126 e. The van der Waals surface area contributed by atoms with E-state index in [0.29, 0.717) is 6.42 Å². The monoisotopic (exact) mass is 237 g/mol. The van der Waals surface area contributed by atoms with Crippen LogP contribution in [-0.2, 0) is 6.42 Å². The molecule has 1 aromatic rings. The molecule has 0 amide bonds. The first-order valence-electron chi connectivity index (χ1n) is 6.23. The SMILES string of the molecule is CC(Cc1ccccc1F)NCC1(CO)CC1. The van der Waals surface area contributed by atoms with Gasteiger partial charge < -0.3 is 10.4 Å². The molecule has 0 spiro atoms. The van der Waals surface area contributed by atoms with Crippen molar-refractivity contribution in [3.63, 3.8) is 0 Å². The fourth-order valence-corrected chi connectivity index (χ4v) is 2.02. The van der Waals surface area contributed by atoms with Crippen LogP contribution >= 0.6 is 0 Å². The number of aliphatic hydroxyl groups is 1. The van der Waals surface area contributed by atoms with Gasteiger partial charge in [-0.05, 0) is 37.8 Å². The van der Waals surface area contributed by atoms with E-state index in [9.17, 15) is 9.50 Å². The maximum atomic E-state index is 13.4. The van der Waals surface area contributed by atoms with Gasteiger partial charge in [0.2, 0.25) is 0 Å². The lowest BCUT2D eigenvalue weighted by molar-refractivity contribution is 0.204. The van der Waals surface area contributed by atoms with Crippen molar-refractivity contribution in [1.82, 2.24) is 5.32 Å². The van der Waals surface area contributed by atoms with Crippen molar-refractivity contribution in [2.75, 3.05) is 13.2 Å². The third-order valence-electron chi connectivity index (χ3n) is 3.60. The first-order chi connectivity index (χ1) is 8.15. The summed E-state index contributed by atoms with van der Waals surface area (Å²) < 4.78 is 13.4. The first kappa shape index (κ1) is 12.5. The Balaban J connectivity index is 1.81. The standard InChI is InChI=1S/C14H20FNO/c1-11(16-9-14(10-17)6-7-14)8-12-4-2-3-5-13(12)15/h2-5,11,16-17H,6-10H2,1H3. The number of halogens is 1. The third-order valence-corrected chi connectivity index (χ3v) is 3.60. The Morgan fingerprint density at radius 3 is 2.71 bits per heavy atom. The lowest BCUT2D eigenvalue weighted by Gasteiger charge is -2.18. The summed E-state index contributed by atoms with van der Waals surface area (Å²) in [5.41, 5.74) is 0.866. The van der Waals surface area contributed by atoms with Crippen molar-refractivity contribution in [2.24, 2.45) is 5.41 Å². The molecule has 1 saturated carbocycles. The zero-order valence-corrected chi connectivity index (χ0v) is 10.2. The van der Waals surface area contributed by atoms with Crippen LogP contribution in [0.25, 0.3) is 0 Å². The van der Waals surface area contributed by atoms with E-state index in [1.807, 2.05) is 12.1 Å². The molecule has 0 saturated heterocycles. The molecule has 17 heavy (non-hydrogen) atoms. The van der Waals surface area contributed by atoms with Gasteiger partial charge in [0, 0.05) is 24.6 Å². The van der Waals surface area contributed by atoms with E-state index < -0.39 is 0 Å². The number of hydrogen-bond acceptors (Lipinski definition) is 2. The minimum absolute atomic E-state index is 0.115. The summed E-state index contributed by atoms with van der Waals surface area (Å²) >= 11 is 0. The molecule has 2 N–H and O–H groups in total. The molecule has 94 valence electrons. The Labute approximate surface area is 102 Å². The van der Waals surface area contributed by atoms with Crippen molar-refractivity contribution in [3.05, 3.63) is 35.6 Å². The Morgan fingerprint density at radius 2 is 2.12 bits per heavy atom. The van der Waals surface area contributed by atoms with Crippen molar-refractivity contribution in [3.8, 4) is 0 Å². The van der Waals surface area contributed by atoms with Gasteiger partial charge in [-0.25, -0.2) is 4.39 Å². The van der Waals surface area contributed by atoms with Gasteiger partial charge in [0.1, 0.15) is 5.82 Å². The second-order valence-corrected chi connectivity index (χ2v) is 5.24. The number of nitrogens with one attached hydrogen (secondary N) is 1. The van der Waals surface area contributed by atoms with E-state index in [1.165, 1.54) is 6.07 Å². The van der Waals surface area contributed by atoms with Crippen LogP contribution in [0.4, 0.5) is 4.39 Å². The van der Waals surface area contributed by atoms with E-state index in [0.717, 1.165) is 24.9 Å². The lowest BCUT2D eigenvalue weighted by atomic mass is 10.0. The predicted octanol–water partition coefficient (Wildman–Crippen LogP) is 2.12. The van der Waals surface area contributed by atoms with Crippen molar-refractivity contribution < 1.29 is 9.50 Å². The Kier molecular flexibility index (Phi) is 3.79. The normalized spacial score (nSPS) is 19.0. The molecule has 0 aromatic heterocycles. The summed E-state index contributed by atoms with van der Waals surface area (Å²) in [7, 11) is 0. The molecule has 1 aliphatic carbocycles. The quantitative estimate of drug-likeness (QED) is 0.794. The van der Waals surface area contributed by atoms with Gasteiger partial charge in [-0.3, -0.25) is 0 Å². The van der Waals surface area contributed by atoms with Crippen LogP contribution in [0.5, 0.6) is 0 Å². The number of hydrogen-bond donors (Lipinski definition) is 2. The summed E-state index contributed by atoms with van der Waals surface area (Å²) in [5.74, 6) is -0.135. The smallest absolute Gasteiger partial charge is 0.126 e. The van der Waals surface area contributed by atoms with E-state index in [2.05, 4.69) is 12.2 Å². The molecule has 0 aliphatic heterocycles. The summed E-state index contributed by atoms with van der Waals surface area (Å²) in [4.78, 5) is 0. The van der Waals surface area contributed by atoms with Gasteiger partial charge in [-0.15, -0.1) is 0 Å². The molecule has 0 radical (unpaired) electrons. The zero-order chi connectivity index (χ0) is 12.3. The molecule has 1 aromatic carbocycles. The van der Waals surface area contributed by atoms with Crippen LogP contribution in [0.2, 0.25) is 0 Å². The minimum Gasteiger partial charge on any atom is -0.396 e. The van der Waals surface area contributed by atoms with Gasteiger partial charge in [-0.2, -0.15) is 0 Å². The number of benzene rings is 1. The molecule has 2 nitrogen and oxygen atoms in total. The van der Waals surface area contributed by atoms with Gasteiger partial charge >= 0.3 is 0 Å². The zero-order valence-electron chi connectivity index (χ0n) is 10.2. The van der Waals surface area contributed by atoms with Crippen molar-refractivity contribution in [2.45, 2.75) is 32.2 Å². The molecule has 0 heterocycles. The average Bonchev–Trinajstić information content (AvgIpc) is 3.10. The van der Waals surface area contributed by atoms with Crippen LogP contribution in [0, 0.1) is 11.2 Å². The molecule has 2 rings (SSSR count). The summed E-state index contributed by atoms with van der Waals surface area (Å²) in [6.07, 6.45) is 2.89. The predicted molar refractivity (Wildman–Crippen MR) is 66.3 cm³/mol. The Bertz CT molecular complexity index is 376. The average molecular weight is 237 g/mol. The van der Waals surface area contributed by atoms with Gasteiger partial charge in [0.05, 0.1) is 0 Å². The highest BCUT2D eigenvalue weighted by Gasteiger charge is 2.41. The van der Waals surface area contributed by atoms with Crippen LogP contribution in [0.3, 0.4) is 0 Å². The van der Waals surface area contributed by atoms with Crippen molar-refractivity contribution in [1.29, 1.82) is 0 Å². The van der Waals surface area contributed by atoms with Gasteiger partial charge in [0.15, 0.2) is 0 Å². The second kappa shape index (κ2) is 5.15. The summed E-state index contributed by atoms with van der Waals surface area (Å²) in [6, 6.07) is 7.13. The Hall–Kier alpha value is -0.930. The van der Waals surface area contributed by atoms with E-state index in [1.54, 1.807) is 6.07 Å². The van der Waals surface area contributed by atoms with Crippen LogP contribution in [0.15, 0.2) is 24.3 Å². The number of aliphatic hydroxyl groups excluding tert-OH is 1. The summed E-state index contributed by atoms with van der Waals surface area (Å²) in [5, 5.41) is 12.6. The lowest BCUT2D eigenvalue weighted by Crippen LogP contribution is -2.35. The fraction of sp³-hybridized carbons (Fsp3) is 0.571. The van der Waals surface area contributed by atoms with Crippen LogP contribution in [0.1, 0.15) is 25.3 Å². The number of rotatable bonds is 6. The van der Waals surface area contributed by atoms with E-state index in [4.69, 9.17) is 0 Å². The molecule has 3 heteroatoms. The highest BCUT2D eigenvalue weighted by Crippen LogP contribution is 2.44. The van der Waals surface area contributed by atoms with Crippen LogP contribution < -0.4 is 5.32 Å². The fourth-order valence-electron chi connectivity index (χ4n) is 2.02. The minimum atomic E-state index is -0.135. The van der Waals surface area contributed by atoms with E-state index in [-0.39, 0.29) is 23.9 Å². The molecule has 1 unspecified atom stereocenters. The van der Waals surface area contributed by atoms with Gasteiger partial charge in [0.25, 0.3) is 0 Å². The molecule has 1 fully saturated rings. The van der Waals surface area contributed by atoms with Gasteiger partial charge in [-0.1, -0.05) is 18.2 Å². The molecular formula is C14H20FNO. The topological polar surface area (TPSA) is 32.3 Å². The highest BCUT2D eigenvalue weighted by atomic mass is 19.1. The maximum absolute atomic E-state index is 13.4. The van der Waals surface area contributed by atoms with Crippen LogP contribution in [-0.4, -0.2) is 24.3 Å². The highest BCUT2D eigenvalue weighted by molar-refractivity contribution is 5.18. The van der Waals surface area contributed by atoms with Crippen molar-refractivity contribution >= 4 is 0 Å². The first-order valence-corrected chi connectivity index (χ1v) is 6.23. The molecule has 1 atom stereocenters. The summed E-state index contributed by atoms with van der Waals surface area (Å²) in [6.45, 7) is 3.14. The third kappa shape index (κ3) is 3.27. The Morgan fingerprint density at radius 1 is 1.41 bits per heavy atom. The molecular weight excluding hydrogens is 217 g/mol. The largest absolute Gasteiger partial charge is 0.396 e.